The summed E-state index contributed by atoms with van der Waals surface area (Å²) in [6, 6.07) is -1.24. The van der Waals surface area contributed by atoms with Crippen molar-refractivity contribution in [2.45, 2.75) is 68.3 Å². The molecule has 12 nitrogen and oxygen atoms in total. The van der Waals surface area contributed by atoms with E-state index < -0.39 is 80.5 Å². The van der Waals surface area contributed by atoms with Crippen molar-refractivity contribution < 1.29 is 54.4 Å². The smallest absolute Gasteiger partial charge is 0.217 e. The zero-order valence-corrected chi connectivity index (χ0v) is 14.9. The highest BCUT2D eigenvalue weighted by Gasteiger charge is 2.51. The molecule has 10 atom stereocenters. The van der Waals surface area contributed by atoms with E-state index in [0.29, 0.717) is 0 Å². The summed E-state index contributed by atoms with van der Waals surface area (Å²) in [6.07, 6.45) is -12.3. The molecule has 2 heterocycles. The van der Waals surface area contributed by atoms with Crippen molar-refractivity contribution in [2.24, 2.45) is 0 Å². The minimum atomic E-state index is -1.54. The van der Waals surface area contributed by atoms with Crippen LogP contribution in [0.4, 0.5) is 0 Å². The maximum absolute atomic E-state index is 11.5. The van der Waals surface area contributed by atoms with Crippen molar-refractivity contribution in [3.8, 4) is 0 Å². The Labute approximate surface area is 155 Å². The fraction of sp³-hybridized carbons (Fsp3) is 0.933. The molecular weight excluding hydrogens is 370 g/mol. The van der Waals surface area contributed by atoms with Crippen molar-refractivity contribution in [3.05, 3.63) is 0 Å². The Morgan fingerprint density at radius 3 is 2.07 bits per heavy atom. The molecule has 0 spiro atoms. The van der Waals surface area contributed by atoms with Crippen LogP contribution in [0.2, 0.25) is 0 Å². The quantitative estimate of drug-likeness (QED) is 0.228. The van der Waals surface area contributed by atoms with E-state index in [1.807, 2.05) is 0 Å². The fourth-order valence-electron chi connectivity index (χ4n) is 3.21. The average Bonchev–Trinajstić information content (AvgIpc) is 2.63. The van der Waals surface area contributed by atoms with Crippen molar-refractivity contribution in [1.82, 2.24) is 5.32 Å². The number of carbonyl (C=O) groups excluding carboxylic acids is 1. The lowest BCUT2D eigenvalue weighted by Crippen LogP contribution is -2.67. The second-order valence-electron chi connectivity index (χ2n) is 6.47. The lowest BCUT2D eigenvalue weighted by Gasteiger charge is -2.47. The van der Waals surface area contributed by atoms with Gasteiger partial charge < -0.3 is 54.9 Å². The molecular formula is C15H27NO11. The van der Waals surface area contributed by atoms with E-state index in [1.54, 1.807) is 0 Å². The molecule has 158 valence electrons. The first-order chi connectivity index (χ1) is 12.7. The van der Waals surface area contributed by atoms with E-state index in [0.717, 1.165) is 0 Å². The van der Waals surface area contributed by atoms with E-state index in [-0.39, 0.29) is 0 Å². The van der Waals surface area contributed by atoms with Crippen molar-refractivity contribution in [1.29, 1.82) is 0 Å². The molecule has 27 heavy (non-hydrogen) atoms. The Morgan fingerprint density at radius 2 is 1.56 bits per heavy atom. The van der Waals surface area contributed by atoms with Gasteiger partial charge in [0.2, 0.25) is 5.91 Å². The number of aliphatic hydroxyl groups is 6. The molecule has 0 aromatic heterocycles. The maximum atomic E-state index is 11.5. The molecule has 12 heteroatoms. The summed E-state index contributed by atoms with van der Waals surface area (Å²) in [5.74, 6) is -0.546. The van der Waals surface area contributed by atoms with Gasteiger partial charge in [0.25, 0.3) is 0 Å². The summed E-state index contributed by atoms with van der Waals surface area (Å²) in [5.41, 5.74) is 0. The summed E-state index contributed by atoms with van der Waals surface area (Å²) in [7, 11) is 1.24. The number of hydrogen-bond donors (Lipinski definition) is 7. The molecule has 2 aliphatic rings. The molecule has 0 saturated carbocycles. The van der Waals surface area contributed by atoms with Gasteiger partial charge in [-0.1, -0.05) is 0 Å². The summed E-state index contributed by atoms with van der Waals surface area (Å²) in [6.45, 7) is -0.0757. The van der Waals surface area contributed by atoms with Gasteiger partial charge >= 0.3 is 0 Å². The third-order valence-electron chi connectivity index (χ3n) is 4.63. The maximum Gasteiger partial charge on any atom is 0.217 e. The molecule has 2 fully saturated rings. The molecule has 2 saturated heterocycles. The van der Waals surface area contributed by atoms with Gasteiger partial charge in [0.05, 0.1) is 13.2 Å². The van der Waals surface area contributed by atoms with Crippen molar-refractivity contribution >= 4 is 5.91 Å². The molecule has 2 rings (SSSR count). The first-order valence-corrected chi connectivity index (χ1v) is 8.45. The number of methoxy groups -OCH3 is 1. The highest BCUT2D eigenvalue weighted by molar-refractivity contribution is 5.73. The molecule has 0 radical (unpaired) electrons. The largest absolute Gasteiger partial charge is 0.394 e. The first kappa shape index (κ1) is 22.4. The molecule has 0 aliphatic carbocycles. The van der Waals surface area contributed by atoms with Crippen LogP contribution in [0.3, 0.4) is 0 Å². The first-order valence-electron chi connectivity index (χ1n) is 8.45. The zero-order chi connectivity index (χ0) is 20.3. The number of aliphatic hydroxyl groups excluding tert-OH is 6. The Kier molecular flexibility index (Phi) is 7.88. The van der Waals surface area contributed by atoms with Crippen LogP contribution >= 0.6 is 0 Å². The Morgan fingerprint density at radius 1 is 0.963 bits per heavy atom. The molecule has 0 bridgehead atoms. The zero-order valence-electron chi connectivity index (χ0n) is 14.9. The Hall–Kier alpha value is -0.930. The standard InChI is InChI=1S/C15H27NO11/c1-5(19)16-8-11(22)9(20)6(3-17)26-15(8)27-12-10(21)7(4-18)25-14(23)13(12)24-2/h6-15,17-18,20-23H,3-4H2,1-2H3,(H,16,19)/t6-,7-,8-,9-,10+,11-,12+,13-,14?,15?/m1/s1. The van der Waals surface area contributed by atoms with E-state index >= 15 is 0 Å². The number of hydrogen-bond acceptors (Lipinski definition) is 11. The molecule has 7 N–H and O–H groups in total. The predicted molar refractivity (Wildman–Crippen MR) is 85.0 cm³/mol. The van der Waals surface area contributed by atoms with Crippen LogP contribution < -0.4 is 5.32 Å². The third-order valence-corrected chi connectivity index (χ3v) is 4.63. The minimum absolute atomic E-state index is 0.546. The highest BCUT2D eigenvalue weighted by atomic mass is 16.7. The van der Waals surface area contributed by atoms with Gasteiger partial charge in [-0.15, -0.1) is 0 Å². The number of carbonyl (C=O) groups is 1. The predicted octanol–water partition coefficient (Wildman–Crippen LogP) is -4.60. The van der Waals surface area contributed by atoms with Gasteiger partial charge in [0, 0.05) is 14.0 Å². The van der Waals surface area contributed by atoms with E-state index in [9.17, 15) is 35.4 Å². The van der Waals surface area contributed by atoms with E-state index in [2.05, 4.69) is 5.32 Å². The van der Waals surface area contributed by atoms with E-state index in [4.69, 9.17) is 18.9 Å². The minimum Gasteiger partial charge on any atom is -0.394 e. The Bertz CT molecular complexity index is 494. The van der Waals surface area contributed by atoms with Gasteiger partial charge in [0.1, 0.15) is 48.8 Å². The fourth-order valence-corrected chi connectivity index (χ4v) is 3.21. The van der Waals surface area contributed by atoms with Crippen LogP contribution in [-0.2, 0) is 23.7 Å². The van der Waals surface area contributed by atoms with Crippen LogP contribution in [0.1, 0.15) is 6.92 Å². The van der Waals surface area contributed by atoms with Crippen LogP contribution in [0, 0.1) is 0 Å². The molecule has 1 amide bonds. The average molecular weight is 397 g/mol. The van der Waals surface area contributed by atoms with Gasteiger partial charge in [0.15, 0.2) is 12.6 Å². The number of ether oxygens (including phenoxy) is 4. The topological polar surface area (TPSA) is 187 Å². The molecule has 0 aromatic carbocycles. The van der Waals surface area contributed by atoms with Crippen molar-refractivity contribution in [3.63, 3.8) is 0 Å². The van der Waals surface area contributed by atoms with Crippen molar-refractivity contribution in [2.75, 3.05) is 20.3 Å². The van der Waals surface area contributed by atoms with Crippen LogP contribution in [0.15, 0.2) is 0 Å². The lowest BCUT2D eigenvalue weighted by molar-refractivity contribution is -0.344. The van der Waals surface area contributed by atoms with Crippen LogP contribution in [0.25, 0.3) is 0 Å². The highest BCUT2D eigenvalue weighted by Crippen LogP contribution is 2.29. The number of nitrogens with one attached hydrogen (secondary N) is 1. The summed E-state index contributed by atoms with van der Waals surface area (Å²) >= 11 is 0. The number of rotatable bonds is 6. The Balaban J connectivity index is 2.26. The SMILES string of the molecule is CO[C@H]1C(O)O[C@H](CO)[C@H](O)[C@@H]1OC1O[C@H](CO)[C@@H](O)[C@H](O)[C@H]1NC(C)=O. The van der Waals surface area contributed by atoms with Gasteiger partial charge in [-0.25, -0.2) is 0 Å². The van der Waals surface area contributed by atoms with Gasteiger partial charge in [-0.05, 0) is 0 Å². The summed E-state index contributed by atoms with van der Waals surface area (Å²) in [4.78, 5) is 11.5. The number of amides is 1. The second-order valence-corrected chi connectivity index (χ2v) is 6.47. The van der Waals surface area contributed by atoms with E-state index in [1.165, 1.54) is 14.0 Å². The summed E-state index contributed by atoms with van der Waals surface area (Å²) in [5, 5.41) is 61.7. The molecule has 0 aromatic rings. The van der Waals surface area contributed by atoms with Crippen LogP contribution in [-0.4, -0.2) is 118 Å². The lowest BCUT2D eigenvalue weighted by atomic mass is 9.95. The van der Waals surface area contributed by atoms with Crippen LogP contribution in [0.5, 0.6) is 0 Å². The molecule has 2 unspecified atom stereocenters. The van der Waals surface area contributed by atoms with Gasteiger partial charge in [-0.3, -0.25) is 4.79 Å². The molecule has 2 aliphatic heterocycles. The monoisotopic (exact) mass is 397 g/mol. The summed E-state index contributed by atoms with van der Waals surface area (Å²) < 4.78 is 21.2. The second kappa shape index (κ2) is 9.52. The third kappa shape index (κ3) is 4.74. The normalized spacial score (nSPS) is 45.5. The van der Waals surface area contributed by atoms with Gasteiger partial charge in [-0.2, -0.15) is 0 Å².